The first-order valence-electron chi connectivity index (χ1n) is 7.51. The molecule has 2 N–H and O–H groups in total. The molecular weight excluding hydrogens is 254 g/mol. The van der Waals surface area contributed by atoms with Crippen LogP contribution in [0.25, 0.3) is 0 Å². The van der Waals surface area contributed by atoms with Crippen LogP contribution in [0.3, 0.4) is 0 Å². The van der Waals surface area contributed by atoms with Gasteiger partial charge in [-0.3, -0.25) is 0 Å². The lowest BCUT2D eigenvalue weighted by atomic mass is 10.3. The molecule has 0 bridgehead atoms. The maximum Gasteiger partial charge on any atom is 0.277 e. The zero-order valence-corrected chi connectivity index (χ0v) is 15.9. The Bertz CT molecular complexity index is 221. The van der Waals surface area contributed by atoms with Gasteiger partial charge in [-0.1, -0.05) is 54.3 Å². The van der Waals surface area contributed by atoms with E-state index in [-0.39, 0.29) is 0 Å². The summed E-state index contributed by atoms with van der Waals surface area (Å²) >= 11 is 0. The largest absolute Gasteiger partial charge is 0.322 e. The summed E-state index contributed by atoms with van der Waals surface area (Å²) in [6.07, 6.45) is 0. The van der Waals surface area contributed by atoms with Crippen molar-refractivity contribution in [1.82, 2.24) is 14.2 Å². The van der Waals surface area contributed by atoms with Gasteiger partial charge in [-0.25, -0.2) is 0 Å². The van der Waals surface area contributed by atoms with E-state index in [2.05, 4.69) is 68.5 Å². The van der Waals surface area contributed by atoms with Crippen LogP contribution in [-0.4, -0.2) is 40.7 Å². The highest BCUT2D eigenvalue weighted by molar-refractivity contribution is 6.89. The van der Waals surface area contributed by atoms with Gasteiger partial charge < -0.3 is 14.2 Å². The lowest BCUT2D eigenvalue weighted by Gasteiger charge is -2.49. The van der Waals surface area contributed by atoms with Crippen molar-refractivity contribution in [3.8, 4) is 0 Å². The van der Waals surface area contributed by atoms with E-state index in [4.69, 9.17) is 0 Å². The highest BCUT2D eigenvalue weighted by Gasteiger charge is 2.44. The van der Waals surface area contributed by atoms with Crippen LogP contribution in [0.5, 0.6) is 0 Å². The van der Waals surface area contributed by atoms with Crippen LogP contribution in [0.2, 0.25) is 25.7 Å². The van der Waals surface area contributed by atoms with E-state index in [0.29, 0.717) is 0 Å². The molecule has 0 rings (SSSR count). The summed E-state index contributed by atoms with van der Waals surface area (Å²) in [4.78, 5) is 7.75. The van der Waals surface area contributed by atoms with Crippen molar-refractivity contribution >= 4 is 16.8 Å². The highest BCUT2D eigenvalue weighted by Crippen LogP contribution is 2.22. The summed E-state index contributed by atoms with van der Waals surface area (Å²) in [5.41, 5.74) is 0. The van der Waals surface area contributed by atoms with E-state index in [0.717, 1.165) is 25.6 Å². The lowest BCUT2D eigenvalue weighted by Crippen LogP contribution is -2.78. The van der Waals surface area contributed by atoms with E-state index in [1.807, 2.05) is 0 Å². The second-order valence-electron chi connectivity index (χ2n) is 6.43. The van der Waals surface area contributed by atoms with Crippen molar-refractivity contribution in [3.05, 3.63) is 0 Å². The van der Waals surface area contributed by atoms with Gasteiger partial charge >= 0.3 is 0 Å². The summed E-state index contributed by atoms with van der Waals surface area (Å²) in [6, 6.07) is 1.28. The maximum atomic E-state index is 3.87. The third kappa shape index (κ3) is 5.13. The SMILES string of the molecule is CCN[Si](CC(C)C)(NCC)N(CC)[Si](C)(C)C. The molecule has 0 heterocycles. The molecule has 0 atom stereocenters. The van der Waals surface area contributed by atoms with Crippen LogP contribution >= 0.6 is 0 Å². The van der Waals surface area contributed by atoms with Gasteiger partial charge in [0.05, 0.1) is 0 Å². The van der Waals surface area contributed by atoms with Gasteiger partial charge in [0.15, 0.2) is 0 Å². The number of hydrogen-bond acceptors (Lipinski definition) is 3. The normalized spacial score (nSPS) is 13.7. The Labute approximate surface area is 117 Å². The monoisotopic (exact) mass is 289 g/mol. The Balaban J connectivity index is 5.34. The molecule has 0 radical (unpaired) electrons. The molecule has 0 fully saturated rings. The van der Waals surface area contributed by atoms with Crippen molar-refractivity contribution in [3.63, 3.8) is 0 Å². The van der Waals surface area contributed by atoms with Gasteiger partial charge in [0.25, 0.3) is 8.56 Å². The van der Waals surface area contributed by atoms with Crippen molar-refractivity contribution in [2.75, 3.05) is 19.6 Å². The molecule has 0 amide bonds. The minimum absolute atomic E-state index is 0.736. The van der Waals surface area contributed by atoms with Crippen LogP contribution in [0.15, 0.2) is 0 Å². The van der Waals surface area contributed by atoms with Gasteiger partial charge in [0.1, 0.15) is 8.24 Å². The average molecular weight is 290 g/mol. The predicted octanol–water partition coefficient (Wildman–Crippen LogP) is 2.96. The fourth-order valence-electron chi connectivity index (χ4n) is 3.00. The third-order valence-corrected chi connectivity index (χ3v) is 12.8. The average Bonchev–Trinajstić information content (AvgIpc) is 2.15. The Morgan fingerprint density at radius 1 is 0.944 bits per heavy atom. The van der Waals surface area contributed by atoms with Crippen molar-refractivity contribution in [2.24, 2.45) is 5.92 Å². The Morgan fingerprint density at radius 3 is 1.61 bits per heavy atom. The van der Waals surface area contributed by atoms with Gasteiger partial charge in [0, 0.05) is 0 Å². The van der Waals surface area contributed by atoms with Gasteiger partial charge in [-0.2, -0.15) is 0 Å². The molecule has 0 spiro atoms. The molecule has 0 aliphatic carbocycles. The summed E-state index contributed by atoms with van der Waals surface area (Å²) in [5, 5.41) is 0. The molecule has 0 saturated carbocycles. The smallest absolute Gasteiger partial charge is 0.277 e. The maximum absolute atomic E-state index is 3.87. The molecule has 3 nitrogen and oxygen atoms in total. The van der Waals surface area contributed by atoms with E-state index in [1.165, 1.54) is 6.04 Å². The lowest BCUT2D eigenvalue weighted by molar-refractivity contribution is 0.548. The minimum atomic E-state index is -1.73. The molecule has 0 unspecified atom stereocenters. The van der Waals surface area contributed by atoms with E-state index < -0.39 is 16.8 Å². The first kappa shape index (κ1) is 18.3. The molecule has 18 heavy (non-hydrogen) atoms. The predicted molar refractivity (Wildman–Crippen MR) is 88.5 cm³/mol. The zero-order valence-electron chi connectivity index (χ0n) is 13.9. The van der Waals surface area contributed by atoms with Gasteiger partial charge in [-0.15, -0.1) is 0 Å². The standard InChI is InChI=1S/C13H35N3Si2/c1-9-14-18(15-10-2,12-13(4)5)16(11-3)17(6,7)8/h13-15H,9-12H2,1-8H3. The second-order valence-corrected chi connectivity index (χ2v) is 15.1. The van der Waals surface area contributed by atoms with Gasteiger partial charge in [-0.05, 0) is 31.6 Å². The van der Waals surface area contributed by atoms with E-state index >= 15 is 0 Å². The first-order chi connectivity index (χ1) is 8.23. The van der Waals surface area contributed by atoms with Crippen molar-refractivity contribution in [2.45, 2.75) is 60.3 Å². The van der Waals surface area contributed by atoms with Crippen LogP contribution in [-0.2, 0) is 0 Å². The summed E-state index contributed by atoms with van der Waals surface area (Å²) in [6.45, 7) is 22.1. The number of nitrogens with zero attached hydrogens (tertiary/aromatic N) is 1. The number of hydrogen-bond donors (Lipinski definition) is 2. The number of rotatable bonds is 9. The Morgan fingerprint density at radius 2 is 1.39 bits per heavy atom. The van der Waals surface area contributed by atoms with Crippen LogP contribution in [0.1, 0.15) is 34.6 Å². The van der Waals surface area contributed by atoms with E-state index in [9.17, 15) is 0 Å². The molecule has 0 saturated heterocycles. The zero-order chi connectivity index (χ0) is 14.4. The minimum Gasteiger partial charge on any atom is -0.322 e. The Kier molecular flexibility index (Phi) is 7.93. The summed E-state index contributed by atoms with van der Waals surface area (Å²) in [5.74, 6) is 0.736. The van der Waals surface area contributed by atoms with Crippen molar-refractivity contribution in [1.29, 1.82) is 0 Å². The fourth-order valence-corrected chi connectivity index (χ4v) is 13.2. The second kappa shape index (κ2) is 7.79. The molecule has 0 aromatic rings. The molecule has 0 aliphatic rings. The molecule has 0 aliphatic heterocycles. The molecule has 110 valence electrons. The van der Waals surface area contributed by atoms with Crippen LogP contribution < -0.4 is 9.96 Å². The van der Waals surface area contributed by atoms with Crippen LogP contribution in [0.4, 0.5) is 0 Å². The summed E-state index contributed by atoms with van der Waals surface area (Å²) in [7, 11) is -3.02. The molecular formula is C13H35N3Si2. The summed E-state index contributed by atoms with van der Waals surface area (Å²) < 4.78 is 2.83. The van der Waals surface area contributed by atoms with E-state index in [1.54, 1.807) is 0 Å². The van der Waals surface area contributed by atoms with Crippen LogP contribution in [0, 0.1) is 5.92 Å². The number of nitrogens with one attached hydrogen (secondary N) is 2. The van der Waals surface area contributed by atoms with Crippen molar-refractivity contribution < 1.29 is 0 Å². The molecule has 0 aromatic carbocycles. The third-order valence-electron chi connectivity index (χ3n) is 3.23. The quantitative estimate of drug-likeness (QED) is 0.639. The highest BCUT2D eigenvalue weighted by atomic mass is 28.4. The molecule has 5 heteroatoms. The topological polar surface area (TPSA) is 27.3 Å². The molecule has 0 aromatic heterocycles. The fraction of sp³-hybridized carbons (Fsp3) is 1.00. The first-order valence-corrected chi connectivity index (χ1v) is 13.1. The van der Waals surface area contributed by atoms with Gasteiger partial charge in [0.2, 0.25) is 0 Å². The Hall–Kier alpha value is 0.314.